The van der Waals surface area contributed by atoms with Crippen molar-refractivity contribution in [1.29, 1.82) is 0 Å². The molecule has 1 unspecified atom stereocenters. The van der Waals surface area contributed by atoms with Crippen molar-refractivity contribution in [2.45, 2.75) is 12.8 Å². The molecule has 0 aromatic heterocycles. The average Bonchev–Trinajstić information content (AvgIpc) is 2.41. The van der Waals surface area contributed by atoms with E-state index in [0.717, 1.165) is 31.0 Å². The number of ether oxygens (including phenoxy) is 1. The van der Waals surface area contributed by atoms with Crippen LogP contribution >= 0.6 is 0 Å². The highest BCUT2D eigenvalue weighted by molar-refractivity contribution is 7.92. The van der Waals surface area contributed by atoms with E-state index in [9.17, 15) is 17.6 Å². The number of carboxylic acids is 1. The second-order valence-electron chi connectivity index (χ2n) is 4.96. The summed E-state index contributed by atoms with van der Waals surface area (Å²) in [6.45, 7) is 1.00. The molecule has 1 saturated heterocycles. The molecule has 8 heteroatoms. The smallest absolute Gasteiger partial charge is 0.337 e. The lowest BCUT2D eigenvalue weighted by Crippen LogP contribution is -2.29. The van der Waals surface area contributed by atoms with Gasteiger partial charge in [0.1, 0.15) is 5.82 Å². The summed E-state index contributed by atoms with van der Waals surface area (Å²) in [6, 6.07) is 2.89. The minimum Gasteiger partial charge on any atom is -0.478 e. The number of nitrogens with one attached hydrogen (secondary N) is 1. The van der Waals surface area contributed by atoms with Crippen LogP contribution in [0.15, 0.2) is 18.2 Å². The topological polar surface area (TPSA) is 92.7 Å². The fourth-order valence-electron chi connectivity index (χ4n) is 2.24. The predicted molar refractivity (Wildman–Crippen MR) is 74.3 cm³/mol. The second kappa shape index (κ2) is 6.40. The Kier molecular flexibility index (Phi) is 4.79. The van der Waals surface area contributed by atoms with Gasteiger partial charge in [-0.25, -0.2) is 17.6 Å². The Morgan fingerprint density at radius 2 is 2.24 bits per heavy atom. The van der Waals surface area contributed by atoms with E-state index >= 15 is 0 Å². The molecule has 0 bridgehead atoms. The van der Waals surface area contributed by atoms with Gasteiger partial charge < -0.3 is 9.84 Å². The van der Waals surface area contributed by atoms with Crippen molar-refractivity contribution < 1.29 is 27.4 Å². The zero-order valence-corrected chi connectivity index (χ0v) is 12.0. The van der Waals surface area contributed by atoms with Crippen molar-refractivity contribution in [3.63, 3.8) is 0 Å². The molecule has 6 nitrogen and oxygen atoms in total. The number of hydrogen-bond donors (Lipinski definition) is 2. The first-order valence-electron chi connectivity index (χ1n) is 6.48. The Morgan fingerprint density at radius 3 is 2.86 bits per heavy atom. The Bertz CT molecular complexity index is 625. The summed E-state index contributed by atoms with van der Waals surface area (Å²) in [7, 11) is -3.72. The first kappa shape index (κ1) is 15.7. The number of hydrogen-bond acceptors (Lipinski definition) is 4. The fourth-order valence-corrected chi connectivity index (χ4v) is 3.72. The quantitative estimate of drug-likeness (QED) is 0.862. The first-order valence-corrected chi connectivity index (χ1v) is 8.14. The molecule has 1 atom stereocenters. The molecule has 1 aromatic carbocycles. The van der Waals surface area contributed by atoms with Crippen LogP contribution in [0.2, 0.25) is 0 Å². The molecule has 116 valence electrons. The molecular formula is C13H16FNO5S. The van der Waals surface area contributed by atoms with Gasteiger partial charge >= 0.3 is 5.97 Å². The van der Waals surface area contributed by atoms with Gasteiger partial charge in [-0.05, 0) is 37.0 Å². The zero-order valence-electron chi connectivity index (χ0n) is 11.2. The molecule has 1 aliphatic heterocycles. The Labute approximate surface area is 122 Å². The molecule has 0 radical (unpaired) electrons. The number of sulfonamides is 1. The Balaban J connectivity index is 2.14. The highest BCUT2D eigenvalue weighted by atomic mass is 32.2. The van der Waals surface area contributed by atoms with E-state index in [1.165, 1.54) is 0 Å². The van der Waals surface area contributed by atoms with Gasteiger partial charge in [-0.2, -0.15) is 0 Å². The summed E-state index contributed by atoms with van der Waals surface area (Å²) < 4.78 is 44.6. The van der Waals surface area contributed by atoms with Crippen molar-refractivity contribution in [2.24, 2.45) is 5.92 Å². The molecule has 1 aliphatic rings. The van der Waals surface area contributed by atoms with Crippen LogP contribution in [-0.4, -0.2) is 38.5 Å². The minimum atomic E-state index is -3.72. The number of carboxylic acid groups (broad SMARTS) is 1. The number of anilines is 1. The fraction of sp³-hybridized carbons (Fsp3) is 0.462. The van der Waals surface area contributed by atoms with E-state index in [4.69, 9.17) is 9.84 Å². The Hall–Kier alpha value is -1.67. The van der Waals surface area contributed by atoms with Gasteiger partial charge in [0.2, 0.25) is 10.0 Å². The van der Waals surface area contributed by atoms with Crippen LogP contribution in [0, 0.1) is 11.7 Å². The van der Waals surface area contributed by atoms with E-state index < -0.39 is 27.4 Å². The molecule has 0 amide bonds. The normalized spacial score (nSPS) is 19.2. The number of rotatable bonds is 5. The van der Waals surface area contributed by atoms with E-state index in [1.807, 2.05) is 0 Å². The van der Waals surface area contributed by atoms with Gasteiger partial charge in [0.25, 0.3) is 0 Å². The third-order valence-corrected chi connectivity index (χ3v) is 4.63. The third-order valence-electron chi connectivity index (χ3n) is 3.19. The summed E-state index contributed by atoms with van der Waals surface area (Å²) >= 11 is 0. The minimum absolute atomic E-state index is 0.120. The van der Waals surface area contributed by atoms with Crippen LogP contribution in [0.25, 0.3) is 0 Å². The van der Waals surface area contributed by atoms with Crippen molar-refractivity contribution in [1.82, 2.24) is 0 Å². The van der Waals surface area contributed by atoms with Crippen LogP contribution in [0.1, 0.15) is 23.2 Å². The van der Waals surface area contributed by atoms with Crippen LogP contribution < -0.4 is 4.72 Å². The zero-order chi connectivity index (χ0) is 15.5. The molecule has 21 heavy (non-hydrogen) atoms. The highest BCUT2D eigenvalue weighted by Gasteiger charge is 2.23. The summed E-state index contributed by atoms with van der Waals surface area (Å²) in [6.07, 6.45) is 1.55. The first-order chi connectivity index (χ1) is 9.87. The number of halogens is 1. The monoisotopic (exact) mass is 317 g/mol. The van der Waals surface area contributed by atoms with Gasteiger partial charge in [-0.15, -0.1) is 0 Å². The maximum Gasteiger partial charge on any atom is 0.337 e. The summed E-state index contributed by atoms with van der Waals surface area (Å²) in [4.78, 5) is 11.0. The molecular weight excluding hydrogens is 301 g/mol. The van der Waals surface area contributed by atoms with Crippen molar-refractivity contribution in [2.75, 3.05) is 23.7 Å². The average molecular weight is 317 g/mol. The standard InChI is InChI=1S/C13H16FNO5S/c14-10-3-4-12(11(6-10)13(16)17)15-21(18,19)8-9-2-1-5-20-7-9/h3-4,6,9,15H,1-2,5,7-8H2,(H,16,17). The van der Waals surface area contributed by atoms with Crippen LogP contribution in [0.5, 0.6) is 0 Å². The maximum atomic E-state index is 13.1. The molecule has 1 fully saturated rings. The summed E-state index contributed by atoms with van der Waals surface area (Å²) in [5.41, 5.74) is -0.556. The molecule has 2 N–H and O–H groups in total. The van der Waals surface area contributed by atoms with Crippen molar-refractivity contribution in [3.8, 4) is 0 Å². The lowest BCUT2D eigenvalue weighted by atomic mass is 10.1. The molecule has 0 aliphatic carbocycles. The van der Waals surface area contributed by atoms with E-state index in [0.29, 0.717) is 13.2 Å². The number of aromatic carboxylic acids is 1. The predicted octanol–water partition coefficient (Wildman–Crippen LogP) is 1.69. The van der Waals surface area contributed by atoms with E-state index in [-0.39, 0.29) is 17.4 Å². The third kappa shape index (κ3) is 4.40. The largest absolute Gasteiger partial charge is 0.478 e. The maximum absolute atomic E-state index is 13.1. The SMILES string of the molecule is O=C(O)c1cc(F)ccc1NS(=O)(=O)CC1CCCOC1. The highest BCUT2D eigenvalue weighted by Crippen LogP contribution is 2.21. The molecule has 1 heterocycles. The van der Waals surface area contributed by atoms with Gasteiger partial charge in [-0.3, -0.25) is 4.72 Å². The van der Waals surface area contributed by atoms with Crippen LogP contribution in [-0.2, 0) is 14.8 Å². The van der Waals surface area contributed by atoms with Gasteiger partial charge in [0.05, 0.1) is 23.6 Å². The Morgan fingerprint density at radius 1 is 1.48 bits per heavy atom. The van der Waals surface area contributed by atoms with Crippen molar-refractivity contribution in [3.05, 3.63) is 29.6 Å². The second-order valence-corrected chi connectivity index (χ2v) is 6.73. The van der Waals surface area contributed by atoms with Crippen molar-refractivity contribution >= 4 is 21.7 Å². The van der Waals surface area contributed by atoms with Crippen LogP contribution in [0.3, 0.4) is 0 Å². The molecule has 0 saturated carbocycles. The molecule has 2 rings (SSSR count). The molecule has 0 spiro atoms. The number of benzene rings is 1. The van der Waals surface area contributed by atoms with Gasteiger partial charge in [-0.1, -0.05) is 0 Å². The van der Waals surface area contributed by atoms with E-state index in [1.54, 1.807) is 0 Å². The lowest BCUT2D eigenvalue weighted by Gasteiger charge is -2.22. The molecule has 1 aromatic rings. The van der Waals surface area contributed by atoms with Gasteiger partial charge in [0, 0.05) is 6.61 Å². The van der Waals surface area contributed by atoms with Gasteiger partial charge in [0.15, 0.2) is 0 Å². The number of carbonyl (C=O) groups is 1. The lowest BCUT2D eigenvalue weighted by molar-refractivity contribution is 0.0626. The van der Waals surface area contributed by atoms with E-state index in [2.05, 4.69) is 4.72 Å². The van der Waals surface area contributed by atoms with Crippen LogP contribution in [0.4, 0.5) is 10.1 Å². The summed E-state index contributed by atoms with van der Waals surface area (Å²) in [5.74, 6) is -2.40. The summed E-state index contributed by atoms with van der Waals surface area (Å²) in [5, 5.41) is 8.99.